The number of hydrogen-bond acceptors (Lipinski definition) is 2. The number of anilines is 1. The van der Waals surface area contributed by atoms with E-state index >= 15 is 0 Å². The number of urea groups is 1. The van der Waals surface area contributed by atoms with Crippen molar-refractivity contribution in [2.75, 3.05) is 11.9 Å². The number of hydrogen-bond donors (Lipinski definition) is 1. The summed E-state index contributed by atoms with van der Waals surface area (Å²) in [5.74, 6) is 0.178. The number of aryl methyl sites for hydroxylation is 1. The second-order valence-corrected chi connectivity index (χ2v) is 11.2. The van der Waals surface area contributed by atoms with E-state index < -0.39 is 0 Å². The van der Waals surface area contributed by atoms with Gasteiger partial charge < -0.3 is 5.32 Å². The molecule has 4 aromatic rings. The van der Waals surface area contributed by atoms with E-state index in [4.69, 9.17) is 5.10 Å². The van der Waals surface area contributed by atoms with Crippen LogP contribution in [0.3, 0.4) is 0 Å². The van der Waals surface area contributed by atoms with Gasteiger partial charge >= 0.3 is 6.03 Å². The fourth-order valence-corrected chi connectivity index (χ4v) is 7.22. The summed E-state index contributed by atoms with van der Waals surface area (Å²) in [5, 5.41) is 8.08. The fourth-order valence-electron chi connectivity index (χ4n) is 7.22. The van der Waals surface area contributed by atoms with Crippen molar-refractivity contribution < 1.29 is 10.6 Å². The van der Waals surface area contributed by atoms with E-state index in [0.29, 0.717) is 5.92 Å². The van der Waals surface area contributed by atoms with Crippen molar-refractivity contribution in [1.29, 1.82) is 0 Å². The number of amides is 2. The Morgan fingerprint density at radius 3 is 2.77 bits per heavy atom. The minimum atomic E-state index is -0.249. The van der Waals surface area contributed by atoms with E-state index in [1.54, 1.807) is 17.0 Å². The van der Waals surface area contributed by atoms with Gasteiger partial charge in [-0.1, -0.05) is 42.0 Å². The molecule has 1 N–H and O–H groups in total. The van der Waals surface area contributed by atoms with Crippen LogP contribution in [0.1, 0.15) is 54.7 Å². The predicted octanol–water partition coefficient (Wildman–Crippen LogP) is 7.14. The molecule has 3 aliphatic carbocycles. The Bertz CT molecular complexity index is 1630. The lowest BCUT2D eigenvalue weighted by molar-refractivity contribution is 0.229. The Morgan fingerprint density at radius 2 is 1.95 bits per heavy atom. The summed E-state index contributed by atoms with van der Waals surface area (Å²) in [7, 11) is 1.83. The number of carbonyl (C=O) groups is 1. The average molecular weight is 521 g/mol. The Balaban J connectivity index is 0.00000289. The molecule has 198 valence electrons. The normalized spacial score (nSPS) is 22.7. The molecule has 1 aromatic heterocycles. The molecule has 0 bridgehead atoms. The highest BCUT2D eigenvalue weighted by atomic mass is 19.1. The van der Waals surface area contributed by atoms with Crippen molar-refractivity contribution in [3.63, 3.8) is 0 Å². The highest BCUT2D eigenvalue weighted by Gasteiger charge is 2.54. The first kappa shape index (κ1) is 23.9. The van der Waals surface area contributed by atoms with Crippen LogP contribution in [-0.4, -0.2) is 22.9 Å². The first-order chi connectivity index (χ1) is 18.9. The second kappa shape index (κ2) is 8.94. The smallest absolute Gasteiger partial charge is 0.322 e. The van der Waals surface area contributed by atoms with Crippen LogP contribution in [0.5, 0.6) is 0 Å². The molecule has 3 aliphatic rings. The SMILES string of the molecule is Cc1cccc(N(C)C(=O)NC2C[C@H]3CCC4=Cc5c(cnn5-c5ccc(F)cc5)C[C@@]43c3ccccc32)c1.[HH]. The average Bonchev–Trinajstić information content (AvgIpc) is 3.53. The zero-order chi connectivity index (χ0) is 26.7. The molecule has 0 saturated heterocycles. The van der Waals surface area contributed by atoms with E-state index in [-0.39, 0.29) is 24.7 Å². The summed E-state index contributed by atoms with van der Waals surface area (Å²) in [4.78, 5) is 15.1. The van der Waals surface area contributed by atoms with Crippen molar-refractivity contribution >= 4 is 17.8 Å². The summed E-state index contributed by atoms with van der Waals surface area (Å²) in [6, 6.07) is 23.1. The van der Waals surface area contributed by atoms with Crippen LogP contribution >= 0.6 is 0 Å². The highest BCUT2D eigenvalue weighted by molar-refractivity contribution is 5.91. The predicted molar refractivity (Wildman–Crippen MR) is 154 cm³/mol. The molecular weight excluding hydrogens is 487 g/mol. The molecule has 0 radical (unpaired) electrons. The summed E-state index contributed by atoms with van der Waals surface area (Å²) in [6.45, 7) is 2.04. The molecule has 7 rings (SSSR count). The molecule has 0 aliphatic heterocycles. The van der Waals surface area contributed by atoms with Gasteiger partial charge in [0.1, 0.15) is 5.82 Å². The maximum absolute atomic E-state index is 13.6. The van der Waals surface area contributed by atoms with Crippen molar-refractivity contribution in [3.05, 3.63) is 118 Å². The Kier molecular flexibility index (Phi) is 5.48. The summed E-state index contributed by atoms with van der Waals surface area (Å²) >= 11 is 0. The minimum Gasteiger partial charge on any atom is -0.331 e. The van der Waals surface area contributed by atoms with E-state index in [2.05, 4.69) is 35.7 Å². The van der Waals surface area contributed by atoms with Crippen LogP contribution < -0.4 is 10.2 Å². The van der Waals surface area contributed by atoms with Crippen molar-refractivity contribution in [2.45, 2.75) is 44.1 Å². The molecule has 1 heterocycles. The van der Waals surface area contributed by atoms with Crippen LogP contribution in [-0.2, 0) is 11.8 Å². The molecule has 3 aromatic carbocycles. The first-order valence-corrected chi connectivity index (χ1v) is 13.7. The van der Waals surface area contributed by atoms with E-state index in [9.17, 15) is 9.18 Å². The van der Waals surface area contributed by atoms with Crippen LogP contribution in [0.2, 0.25) is 0 Å². The molecule has 3 atom stereocenters. The highest BCUT2D eigenvalue weighted by Crippen LogP contribution is 2.60. The lowest BCUT2D eigenvalue weighted by Crippen LogP contribution is -2.47. The van der Waals surface area contributed by atoms with Crippen molar-refractivity contribution in [2.24, 2.45) is 5.92 Å². The molecule has 1 spiro atoms. The zero-order valence-corrected chi connectivity index (χ0v) is 22.2. The topological polar surface area (TPSA) is 50.2 Å². The summed E-state index contributed by atoms with van der Waals surface area (Å²) in [5.41, 5.74) is 9.09. The molecule has 1 saturated carbocycles. The monoisotopic (exact) mass is 520 g/mol. The van der Waals surface area contributed by atoms with Crippen LogP contribution in [0.15, 0.2) is 84.6 Å². The van der Waals surface area contributed by atoms with E-state index in [1.165, 1.54) is 34.4 Å². The number of carbonyl (C=O) groups excluding carboxylic acids is 1. The van der Waals surface area contributed by atoms with Crippen LogP contribution in [0.4, 0.5) is 14.9 Å². The fraction of sp³-hybridized carbons (Fsp3) is 0.273. The van der Waals surface area contributed by atoms with Gasteiger partial charge in [-0.2, -0.15) is 5.10 Å². The molecular formula is C33H33FN4O. The van der Waals surface area contributed by atoms with Gasteiger partial charge in [-0.3, -0.25) is 4.90 Å². The standard InChI is InChI=1S/C33H31FN4O.H2/c1-21-6-5-7-27(16-21)37(2)32(39)36-30-17-23-10-11-24-18-31-22(19-33(23,24)29-9-4-3-8-28(29)30)20-35-38(31)26-14-12-25(34)13-15-26;/h3-9,12-16,18,20,23,30H,10-11,17,19H2,1-2H3,(H,36,39);1H/t23-,30?,33+;/m1./s1. The molecule has 6 heteroatoms. The number of benzene rings is 3. The van der Waals surface area contributed by atoms with Crippen LogP contribution in [0, 0.1) is 18.7 Å². The maximum atomic E-state index is 13.6. The lowest BCUT2D eigenvalue weighted by atomic mass is 9.58. The number of rotatable bonds is 3. The van der Waals surface area contributed by atoms with Gasteiger partial charge in [0.2, 0.25) is 0 Å². The maximum Gasteiger partial charge on any atom is 0.322 e. The largest absolute Gasteiger partial charge is 0.331 e. The zero-order valence-electron chi connectivity index (χ0n) is 22.2. The third-order valence-corrected chi connectivity index (χ3v) is 9.10. The van der Waals surface area contributed by atoms with E-state index in [1.807, 2.05) is 49.1 Å². The third-order valence-electron chi connectivity index (χ3n) is 9.10. The Morgan fingerprint density at radius 1 is 1.13 bits per heavy atom. The van der Waals surface area contributed by atoms with Crippen LogP contribution in [0.25, 0.3) is 11.8 Å². The second-order valence-electron chi connectivity index (χ2n) is 11.2. The third kappa shape index (κ3) is 3.73. The molecule has 39 heavy (non-hydrogen) atoms. The van der Waals surface area contributed by atoms with Crippen molar-refractivity contribution in [1.82, 2.24) is 15.1 Å². The lowest BCUT2D eigenvalue weighted by Gasteiger charge is -2.47. The first-order valence-electron chi connectivity index (χ1n) is 13.7. The number of nitrogens with one attached hydrogen (secondary N) is 1. The van der Waals surface area contributed by atoms with Gasteiger partial charge in [-0.15, -0.1) is 0 Å². The Labute approximate surface area is 229 Å². The Hall–Kier alpha value is -4.19. The van der Waals surface area contributed by atoms with Gasteiger partial charge in [0.25, 0.3) is 0 Å². The van der Waals surface area contributed by atoms with E-state index in [0.717, 1.165) is 48.3 Å². The number of halogens is 1. The van der Waals surface area contributed by atoms with Gasteiger partial charge in [-0.05, 0) is 103 Å². The molecule has 1 fully saturated rings. The van der Waals surface area contributed by atoms with Gasteiger partial charge in [0.05, 0.1) is 23.6 Å². The van der Waals surface area contributed by atoms with Gasteiger partial charge in [-0.25, -0.2) is 13.9 Å². The van der Waals surface area contributed by atoms with Crippen molar-refractivity contribution in [3.8, 4) is 5.69 Å². The summed E-state index contributed by atoms with van der Waals surface area (Å²) in [6.07, 6.45) is 8.22. The molecule has 5 nitrogen and oxygen atoms in total. The van der Waals surface area contributed by atoms with Gasteiger partial charge in [0, 0.05) is 19.6 Å². The summed E-state index contributed by atoms with van der Waals surface area (Å²) < 4.78 is 15.5. The molecule has 2 amide bonds. The number of allylic oxidation sites excluding steroid dienone is 1. The number of fused-ring (bicyclic) bond motifs is 2. The number of aromatic nitrogens is 2. The quantitative estimate of drug-likeness (QED) is 0.312. The number of nitrogens with zero attached hydrogens (tertiary/aromatic N) is 3. The minimum absolute atomic E-state index is 0. The van der Waals surface area contributed by atoms with Gasteiger partial charge in [0.15, 0.2) is 0 Å². The molecule has 1 unspecified atom stereocenters.